The Labute approximate surface area is 88.9 Å². The topological polar surface area (TPSA) is 53.7 Å². The average molecular weight is 209 g/mol. The molecule has 0 spiro atoms. The summed E-state index contributed by atoms with van der Waals surface area (Å²) in [6.07, 6.45) is 0.893. The van der Waals surface area contributed by atoms with Gasteiger partial charge in [0.1, 0.15) is 0 Å². The van der Waals surface area contributed by atoms with Gasteiger partial charge in [0.05, 0.1) is 6.61 Å². The number of fused-ring (bicyclic) bond motifs is 1. The van der Waals surface area contributed by atoms with E-state index in [0.717, 1.165) is 23.5 Å². The molecule has 1 heterocycles. The molecule has 2 N–H and O–H groups in total. The van der Waals surface area contributed by atoms with Crippen LogP contribution in [0.1, 0.15) is 12.0 Å². The molecule has 0 aliphatic carbocycles. The number of rotatable bonds is 5. The number of hydrogen-bond acceptors (Lipinski definition) is 4. The molecule has 4 nitrogen and oxygen atoms in total. The van der Waals surface area contributed by atoms with Crippen molar-refractivity contribution in [2.45, 2.75) is 13.0 Å². The fourth-order valence-electron chi connectivity index (χ4n) is 1.41. The van der Waals surface area contributed by atoms with Crippen LogP contribution in [0.25, 0.3) is 0 Å². The van der Waals surface area contributed by atoms with E-state index in [4.69, 9.17) is 19.9 Å². The minimum Gasteiger partial charge on any atom is -0.454 e. The van der Waals surface area contributed by atoms with E-state index in [0.29, 0.717) is 26.6 Å². The van der Waals surface area contributed by atoms with Gasteiger partial charge in [0.2, 0.25) is 6.79 Å². The third-order valence-corrected chi connectivity index (χ3v) is 2.20. The normalized spacial score (nSPS) is 13.1. The van der Waals surface area contributed by atoms with Crippen LogP contribution in [0.4, 0.5) is 0 Å². The standard InChI is InChI=1S/C11H15NO3/c12-4-1-5-13-7-9-2-3-10-11(6-9)15-8-14-10/h2-3,6H,1,4-5,7-8,12H2. The van der Waals surface area contributed by atoms with Crippen molar-refractivity contribution < 1.29 is 14.2 Å². The Bertz CT molecular complexity index is 328. The van der Waals surface area contributed by atoms with E-state index >= 15 is 0 Å². The zero-order valence-electron chi connectivity index (χ0n) is 8.57. The van der Waals surface area contributed by atoms with Gasteiger partial charge < -0.3 is 19.9 Å². The summed E-state index contributed by atoms with van der Waals surface area (Å²) in [5, 5.41) is 0. The monoisotopic (exact) mass is 209 g/mol. The third-order valence-electron chi connectivity index (χ3n) is 2.20. The van der Waals surface area contributed by atoms with Crippen LogP contribution in [0.3, 0.4) is 0 Å². The second kappa shape index (κ2) is 5.00. The largest absolute Gasteiger partial charge is 0.454 e. The van der Waals surface area contributed by atoms with E-state index in [1.165, 1.54) is 0 Å². The van der Waals surface area contributed by atoms with Gasteiger partial charge >= 0.3 is 0 Å². The van der Waals surface area contributed by atoms with Crippen LogP contribution in [0.2, 0.25) is 0 Å². The van der Waals surface area contributed by atoms with E-state index < -0.39 is 0 Å². The van der Waals surface area contributed by atoms with Crippen LogP contribution in [-0.4, -0.2) is 19.9 Å². The molecule has 0 bridgehead atoms. The predicted octanol–water partition coefficient (Wildman–Crippen LogP) is 1.28. The lowest BCUT2D eigenvalue weighted by Gasteiger charge is -2.04. The zero-order valence-corrected chi connectivity index (χ0v) is 8.57. The Balaban J connectivity index is 1.87. The van der Waals surface area contributed by atoms with Crippen molar-refractivity contribution in [3.8, 4) is 11.5 Å². The maximum absolute atomic E-state index is 5.44. The zero-order chi connectivity index (χ0) is 10.5. The van der Waals surface area contributed by atoms with Gasteiger partial charge in [-0.25, -0.2) is 0 Å². The molecule has 0 amide bonds. The molecule has 1 aromatic rings. The van der Waals surface area contributed by atoms with Gasteiger partial charge in [0.25, 0.3) is 0 Å². The Morgan fingerprint density at radius 3 is 3.00 bits per heavy atom. The average Bonchev–Trinajstić information content (AvgIpc) is 2.71. The first-order valence-corrected chi connectivity index (χ1v) is 5.06. The van der Waals surface area contributed by atoms with Crippen molar-refractivity contribution >= 4 is 0 Å². The van der Waals surface area contributed by atoms with Gasteiger partial charge in [-0.3, -0.25) is 0 Å². The molecule has 15 heavy (non-hydrogen) atoms. The molecule has 0 unspecified atom stereocenters. The molecule has 0 radical (unpaired) electrons. The number of benzene rings is 1. The summed E-state index contributed by atoms with van der Waals surface area (Å²) in [6, 6.07) is 5.84. The smallest absolute Gasteiger partial charge is 0.231 e. The fourth-order valence-corrected chi connectivity index (χ4v) is 1.41. The van der Waals surface area contributed by atoms with Gasteiger partial charge in [0, 0.05) is 6.61 Å². The van der Waals surface area contributed by atoms with E-state index in [1.807, 2.05) is 18.2 Å². The summed E-state index contributed by atoms with van der Waals surface area (Å²) in [4.78, 5) is 0. The summed E-state index contributed by atoms with van der Waals surface area (Å²) in [5.41, 5.74) is 6.46. The lowest BCUT2D eigenvalue weighted by Crippen LogP contribution is -2.04. The molecule has 2 rings (SSSR count). The SMILES string of the molecule is NCCCOCc1ccc2c(c1)OCO2. The molecule has 0 saturated heterocycles. The fraction of sp³-hybridized carbons (Fsp3) is 0.455. The van der Waals surface area contributed by atoms with Crippen LogP contribution in [0.5, 0.6) is 11.5 Å². The van der Waals surface area contributed by atoms with Gasteiger partial charge in [-0.1, -0.05) is 6.07 Å². The van der Waals surface area contributed by atoms with Crippen molar-refractivity contribution in [3.05, 3.63) is 23.8 Å². The molecule has 1 aliphatic rings. The molecule has 82 valence electrons. The minimum absolute atomic E-state index is 0.312. The molecule has 0 aromatic heterocycles. The maximum atomic E-state index is 5.44. The van der Waals surface area contributed by atoms with Crippen LogP contribution < -0.4 is 15.2 Å². The quantitative estimate of drug-likeness (QED) is 0.742. The first kappa shape index (κ1) is 10.3. The van der Waals surface area contributed by atoms with Crippen molar-refractivity contribution in [1.82, 2.24) is 0 Å². The number of nitrogens with two attached hydrogens (primary N) is 1. The van der Waals surface area contributed by atoms with Crippen molar-refractivity contribution in [2.24, 2.45) is 5.73 Å². The third kappa shape index (κ3) is 2.61. The second-order valence-corrected chi connectivity index (χ2v) is 3.38. The highest BCUT2D eigenvalue weighted by Gasteiger charge is 2.12. The highest BCUT2D eigenvalue weighted by Crippen LogP contribution is 2.32. The van der Waals surface area contributed by atoms with Gasteiger partial charge in [-0.15, -0.1) is 0 Å². The highest BCUT2D eigenvalue weighted by atomic mass is 16.7. The van der Waals surface area contributed by atoms with E-state index in [2.05, 4.69) is 0 Å². The maximum Gasteiger partial charge on any atom is 0.231 e. The Morgan fingerprint density at radius 2 is 2.13 bits per heavy atom. The Kier molecular flexibility index (Phi) is 3.42. The summed E-state index contributed by atoms with van der Waals surface area (Å²) >= 11 is 0. The molecular weight excluding hydrogens is 194 g/mol. The van der Waals surface area contributed by atoms with Crippen molar-refractivity contribution in [3.63, 3.8) is 0 Å². The van der Waals surface area contributed by atoms with E-state index in [9.17, 15) is 0 Å². The molecule has 0 saturated carbocycles. The summed E-state index contributed by atoms with van der Waals surface area (Å²) in [6.45, 7) is 2.27. The molecule has 4 heteroatoms. The lowest BCUT2D eigenvalue weighted by atomic mass is 10.2. The molecular formula is C11H15NO3. The first-order chi connectivity index (χ1) is 7.40. The van der Waals surface area contributed by atoms with Crippen LogP contribution in [0, 0.1) is 0 Å². The van der Waals surface area contributed by atoms with Crippen LogP contribution in [-0.2, 0) is 11.3 Å². The molecule has 0 fully saturated rings. The molecule has 1 aromatic carbocycles. The van der Waals surface area contributed by atoms with E-state index in [1.54, 1.807) is 0 Å². The van der Waals surface area contributed by atoms with Crippen molar-refractivity contribution in [1.29, 1.82) is 0 Å². The lowest BCUT2D eigenvalue weighted by molar-refractivity contribution is 0.120. The predicted molar refractivity (Wildman–Crippen MR) is 55.9 cm³/mol. The van der Waals surface area contributed by atoms with Gasteiger partial charge in [0.15, 0.2) is 11.5 Å². The van der Waals surface area contributed by atoms with E-state index in [-0.39, 0.29) is 0 Å². The summed E-state index contributed by atoms with van der Waals surface area (Å²) < 4.78 is 15.9. The summed E-state index contributed by atoms with van der Waals surface area (Å²) in [5.74, 6) is 1.61. The minimum atomic E-state index is 0.312. The highest BCUT2D eigenvalue weighted by molar-refractivity contribution is 5.44. The molecule has 1 aliphatic heterocycles. The summed E-state index contributed by atoms with van der Waals surface area (Å²) in [7, 11) is 0. The molecule has 0 atom stereocenters. The van der Waals surface area contributed by atoms with Gasteiger partial charge in [-0.2, -0.15) is 0 Å². The number of hydrogen-bond donors (Lipinski definition) is 1. The van der Waals surface area contributed by atoms with Gasteiger partial charge in [-0.05, 0) is 30.7 Å². The van der Waals surface area contributed by atoms with Crippen LogP contribution in [0.15, 0.2) is 18.2 Å². The number of ether oxygens (including phenoxy) is 3. The second-order valence-electron chi connectivity index (χ2n) is 3.38. The Hall–Kier alpha value is -1.26. The van der Waals surface area contributed by atoms with Crippen molar-refractivity contribution in [2.75, 3.05) is 19.9 Å². The Morgan fingerprint density at radius 1 is 1.27 bits per heavy atom. The first-order valence-electron chi connectivity index (χ1n) is 5.06. The van der Waals surface area contributed by atoms with Crippen LogP contribution >= 0.6 is 0 Å².